The van der Waals surface area contributed by atoms with Crippen molar-refractivity contribution < 1.29 is 4.74 Å². The first-order chi connectivity index (χ1) is 9.74. The molecule has 0 atom stereocenters. The van der Waals surface area contributed by atoms with E-state index in [9.17, 15) is 0 Å². The first kappa shape index (κ1) is 13.1. The molecule has 6 nitrogen and oxygen atoms in total. The van der Waals surface area contributed by atoms with Crippen molar-refractivity contribution in [3.05, 3.63) is 35.0 Å². The van der Waals surface area contributed by atoms with Gasteiger partial charge in [-0.3, -0.25) is 4.68 Å². The molecule has 2 aromatic rings. The Morgan fingerprint density at radius 3 is 3.05 bits per heavy atom. The number of ether oxygens (including phenoxy) is 1. The molecule has 1 N–H and O–H groups in total. The SMILES string of the molecule is COCc1nc(C)cc(NCc2cc3n(n2)CCC3)n1. The largest absolute Gasteiger partial charge is 0.377 e. The minimum atomic E-state index is 0.426. The van der Waals surface area contributed by atoms with Crippen LogP contribution in [0.25, 0.3) is 0 Å². The molecule has 1 aliphatic heterocycles. The maximum Gasteiger partial charge on any atom is 0.156 e. The van der Waals surface area contributed by atoms with Crippen molar-refractivity contribution in [1.29, 1.82) is 0 Å². The number of aromatic nitrogens is 4. The summed E-state index contributed by atoms with van der Waals surface area (Å²) in [5.74, 6) is 1.51. The van der Waals surface area contributed by atoms with E-state index in [1.807, 2.05) is 13.0 Å². The number of fused-ring (bicyclic) bond motifs is 1. The quantitative estimate of drug-likeness (QED) is 0.898. The highest BCUT2D eigenvalue weighted by Gasteiger charge is 2.13. The summed E-state index contributed by atoms with van der Waals surface area (Å²) in [5, 5.41) is 7.88. The van der Waals surface area contributed by atoms with Crippen LogP contribution in [0.4, 0.5) is 5.82 Å². The van der Waals surface area contributed by atoms with Gasteiger partial charge in [-0.25, -0.2) is 9.97 Å². The van der Waals surface area contributed by atoms with Crippen LogP contribution in [0.3, 0.4) is 0 Å². The predicted molar refractivity (Wildman–Crippen MR) is 75.4 cm³/mol. The normalized spacial score (nSPS) is 13.5. The van der Waals surface area contributed by atoms with Crippen LogP contribution in [0.1, 0.15) is 29.3 Å². The first-order valence-corrected chi connectivity index (χ1v) is 6.87. The lowest BCUT2D eigenvalue weighted by Gasteiger charge is -2.07. The molecule has 1 aliphatic rings. The highest BCUT2D eigenvalue weighted by atomic mass is 16.5. The Morgan fingerprint density at radius 1 is 1.35 bits per heavy atom. The molecule has 3 rings (SSSR count). The summed E-state index contributed by atoms with van der Waals surface area (Å²) in [7, 11) is 1.64. The van der Waals surface area contributed by atoms with Gasteiger partial charge < -0.3 is 10.1 Å². The Balaban J connectivity index is 1.68. The predicted octanol–water partition coefficient (Wildman–Crippen LogP) is 1.69. The molecule has 106 valence electrons. The highest BCUT2D eigenvalue weighted by molar-refractivity contribution is 5.36. The molecule has 20 heavy (non-hydrogen) atoms. The Bertz CT molecular complexity index is 586. The van der Waals surface area contributed by atoms with Gasteiger partial charge in [0, 0.05) is 31.1 Å². The number of hydrogen-bond donors (Lipinski definition) is 1. The first-order valence-electron chi connectivity index (χ1n) is 6.87. The Morgan fingerprint density at radius 2 is 2.25 bits per heavy atom. The smallest absolute Gasteiger partial charge is 0.156 e. The number of nitrogens with zero attached hydrogens (tertiary/aromatic N) is 4. The van der Waals surface area contributed by atoms with E-state index in [2.05, 4.69) is 31.1 Å². The fourth-order valence-electron chi connectivity index (χ4n) is 2.50. The average molecular weight is 273 g/mol. The second-order valence-electron chi connectivity index (χ2n) is 5.05. The van der Waals surface area contributed by atoms with Gasteiger partial charge in [0.2, 0.25) is 0 Å². The minimum absolute atomic E-state index is 0.426. The molecular weight excluding hydrogens is 254 g/mol. The summed E-state index contributed by atoms with van der Waals surface area (Å²) in [6.07, 6.45) is 2.35. The number of hydrogen-bond acceptors (Lipinski definition) is 5. The second-order valence-corrected chi connectivity index (χ2v) is 5.05. The standard InChI is InChI=1S/C14H19N5O/c1-10-6-13(17-14(16-10)9-20-2)15-8-11-7-12-4-3-5-19(12)18-11/h6-7H,3-5,8-9H2,1-2H3,(H,15,16,17). The third kappa shape index (κ3) is 2.80. The monoisotopic (exact) mass is 273 g/mol. The van der Waals surface area contributed by atoms with E-state index in [0.29, 0.717) is 19.0 Å². The van der Waals surface area contributed by atoms with E-state index in [1.165, 1.54) is 12.1 Å². The van der Waals surface area contributed by atoms with Crippen molar-refractivity contribution in [2.45, 2.75) is 39.5 Å². The fourth-order valence-corrected chi connectivity index (χ4v) is 2.50. The Hall–Kier alpha value is -1.95. The minimum Gasteiger partial charge on any atom is -0.377 e. The molecule has 0 aromatic carbocycles. The van der Waals surface area contributed by atoms with Gasteiger partial charge >= 0.3 is 0 Å². The average Bonchev–Trinajstić information content (AvgIpc) is 2.96. The topological polar surface area (TPSA) is 64.9 Å². The van der Waals surface area contributed by atoms with Gasteiger partial charge in [0.15, 0.2) is 5.82 Å². The fraction of sp³-hybridized carbons (Fsp3) is 0.500. The number of anilines is 1. The molecule has 0 saturated heterocycles. The van der Waals surface area contributed by atoms with Gasteiger partial charge in [-0.15, -0.1) is 0 Å². The van der Waals surface area contributed by atoms with Gasteiger partial charge in [-0.1, -0.05) is 0 Å². The van der Waals surface area contributed by atoms with Crippen LogP contribution in [-0.4, -0.2) is 26.9 Å². The summed E-state index contributed by atoms with van der Waals surface area (Å²) < 4.78 is 7.17. The van der Waals surface area contributed by atoms with Crippen LogP contribution in [0, 0.1) is 6.92 Å². The van der Waals surface area contributed by atoms with Crippen LogP contribution >= 0.6 is 0 Å². The summed E-state index contributed by atoms with van der Waals surface area (Å²) in [6, 6.07) is 4.10. The number of nitrogens with one attached hydrogen (secondary N) is 1. The van der Waals surface area contributed by atoms with Crippen molar-refractivity contribution in [1.82, 2.24) is 19.7 Å². The third-order valence-electron chi connectivity index (χ3n) is 3.34. The molecule has 0 spiro atoms. The van der Waals surface area contributed by atoms with Gasteiger partial charge in [0.1, 0.15) is 12.4 Å². The van der Waals surface area contributed by atoms with Crippen molar-refractivity contribution in [2.75, 3.05) is 12.4 Å². The van der Waals surface area contributed by atoms with Gasteiger partial charge in [0.05, 0.1) is 12.2 Å². The molecule has 0 unspecified atom stereocenters. The van der Waals surface area contributed by atoms with Crippen LogP contribution in [0.2, 0.25) is 0 Å². The zero-order valence-corrected chi connectivity index (χ0v) is 11.9. The van der Waals surface area contributed by atoms with Crippen LogP contribution in [0.5, 0.6) is 0 Å². The van der Waals surface area contributed by atoms with Gasteiger partial charge in [0.25, 0.3) is 0 Å². The molecular formula is C14H19N5O. The van der Waals surface area contributed by atoms with E-state index in [-0.39, 0.29) is 0 Å². The van der Waals surface area contributed by atoms with E-state index < -0.39 is 0 Å². The summed E-state index contributed by atoms with van der Waals surface area (Å²) in [6.45, 7) is 4.11. The van der Waals surface area contributed by atoms with E-state index in [4.69, 9.17) is 4.74 Å². The number of methoxy groups -OCH3 is 1. The molecule has 0 fully saturated rings. The Labute approximate surface area is 118 Å². The highest BCUT2D eigenvalue weighted by Crippen LogP contribution is 2.16. The van der Waals surface area contributed by atoms with Gasteiger partial charge in [-0.05, 0) is 25.8 Å². The number of rotatable bonds is 5. The van der Waals surface area contributed by atoms with E-state index >= 15 is 0 Å². The maximum atomic E-state index is 5.07. The molecule has 2 aromatic heterocycles. The lowest BCUT2D eigenvalue weighted by Crippen LogP contribution is -2.07. The lowest BCUT2D eigenvalue weighted by molar-refractivity contribution is 0.177. The molecule has 0 saturated carbocycles. The van der Waals surface area contributed by atoms with Crippen molar-refractivity contribution in [3.63, 3.8) is 0 Å². The van der Waals surface area contributed by atoms with Crippen molar-refractivity contribution in [2.24, 2.45) is 0 Å². The third-order valence-corrected chi connectivity index (χ3v) is 3.34. The molecule has 3 heterocycles. The van der Waals surface area contributed by atoms with Crippen molar-refractivity contribution in [3.8, 4) is 0 Å². The zero-order chi connectivity index (χ0) is 13.9. The molecule has 6 heteroatoms. The maximum absolute atomic E-state index is 5.07. The molecule has 0 radical (unpaired) electrons. The van der Waals surface area contributed by atoms with E-state index in [0.717, 1.165) is 30.2 Å². The molecule has 0 amide bonds. The van der Waals surface area contributed by atoms with Crippen LogP contribution < -0.4 is 5.32 Å². The Kier molecular flexibility index (Phi) is 3.64. The van der Waals surface area contributed by atoms with Crippen LogP contribution in [-0.2, 0) is 30.9 Å². The molecule has 0 bridgehead atoms. The summed E-state index contributed by atoms with van der Waals surface area (Å²) >= 11 is 0. The van der Waals surface area contributed by atoms with Crippen molar-refractivity contribution >= 4 is 5.82 Å². The molecule has 0 aliphatic carbocycles. The lowest BCUT2D eigenvalue weighted by atomic mass is 10.2. The summed E-state index contributed by atoms with van der Waals surface area (Å²) in [5.41, 5.74) is 3.33. The summed E-state index contributed by atoms with van der Waals surface area (Å²) in [4.78, 5) is 8.74. The van der Waals surface area contributed by atoms with E-state index in [1.54, 1.807) is 7.11 Å². The van der Waals surface area contributed by atoms with Gasteiger partial charge in [-0.2, -0.15) is 5.10 Å². The second kappa shape index (κ2) is 5.58. The number of aryl methyl sites for hydroxylation is 3. The van der Waals surface area contributed by atoms with Crippen LogP contribution in [0.15, 0.2) is 12.1 Å². The zero-order valence-electron chi connectivity index (χ0n) is 11.9.